The van der Waals surface area contributed by atoms with Crippen molar-refractivity contribution in [1.29, 1.82) is 0 Å². The minimum Gasteiger partial charge on any atom is -0.481 e. The van der Waals surface area contributed by atoms with E-state index >= 15 is 0 Å². The molecule has 0 bridgehead atoms. The summed E-state index contributed by atoms with van der Waals surface area (Å²) in [5.74, 6) is -1.63. The van der Waals surface area contributed by atoms with Crippen molar-refractivity contribution in [3.8, 4) is 0 Å². The zero-order chi connectivity index (χ0) is 27.7. The topological polar surface area (TPSA) is 91.8 Å². The number of rotatable bonds is 11. The fourth-order valence-corrected chi connectivity index (χ4v) is 8.16. The summed E-state index contributed by atoms with van der Waals surface area (Å²) in [6, 6.07) is 13.7. The molecule has 206 valence electrons. The SMILES string of the molecule is CCCS(=O)(=O)CC(C1CC1)N1C(=O)[C@@](CC)(CC(=O)O)C[C@H](c2cccc(Cl)c2)[C@H]1c1ccc(Cl)cc1. The Bertz CT molecular complexity index is 1280. The highest BCUT2D eigenvalue weighted by Crippen LogP contribution is 2.55. The highest BCUT2D eigenvalue weighted by atomic mass is 35.5. The van der Waals surface area contributed by atoms with Gasteiger partial charge in [0.15, 0.2) is 9.84 Å². The standard InChI is InChI=1S/C29H35Cl2NO5S/c1-3-14-38(36,37)18-25(19-8-9-19)32-27(20-10-12-22(30)13-11-20)24(21-6-5-7-23(31)15-21)16-29(4-2,28(32)35)17-26(33)34/h5-7,10-13,15,19,24-25,27H,3-4,8-9,14,16-18H2,1-2H3,(H,33,34)/t24-,25?,27-,29-/m1/s1. The number of hydrogen-bond acceptors (Lipinski definition) is 4. The Morgan fingerprint density at radius 1 is 1.08 bits per heavy atom. The summed E-state index contributed by atoms with van der Waals surface area (Å²) in [5, 5.41) is 11.0. The Morgan fingerprint density at radius 3 is 2.32 bits per heavy atom. The summed E-state index contributed by atoms with van der Waals surface area (Å²) in [6.45, 7) is 3.67. The van der Waals surface area contributed by atoms with E-state index in [4.69, 9.17) is 23.2 Å². The monoisotopic (exact) mass is 579 g/mol. The Kier molecular flexibility index (Phi) is 8.80. The second-order valence-electron chi connectivity index (χ2n) is 10.8. The number of benzene rings is 2. The fraction of sp³-hybridized carbons (Fsp3) is 0.517. The minimum atomic E-state index is -3.43. The maximum Gasteiger partial charge on any atom is 0.304 e. The van der Waals surface area contributed by atoms with Gasteiger partial charge in [-0.05, 0) is 73.4 Å². The second-order valence-corrected chi connectivity index (χ2v) is 13.9. The predicted molar refractivity (Wildman–Crippen MR) is 150 cm³/mol. The minimum absolute atomic E-state index is 0.0512. The quantitative estimate of drug-likeness (QED) is 0.327. The molecule has 2 aromatic rings. The van der Waals surface area contributed by atoms with Gasteiger partial charge in [0.05, 0.1) is 23.6 Å². The first kappa shape index (κ1) is 28.9. The average Bonchev–Trinajstić information content (AvgIpc) is 3.69. The molecule has 1 aliphatic heterocycles. The van der Waals surface area contributed by atoms with Gasteiger partial charge in [0.2, 0.25) is 5.91 Å². The highest BCUT2D eigenvalue weighted by molar-refractivity contribution is 7.91. The molecular formula is C29H35Cl2NO5S. The van der Waals surface area contributed by atoms with E-state index in [0.29, 0.717) is 29.3 Å². The second kappa shape index (κ2) is 11.6. The number of likely N-dealkylation sites (tertiary alicyclic amines) is 1. The molecule has 0 spiro atoms. The number of carbonyl (C=O) groups excluding carboxylic acids is 1. The van der Waals surface area contributed by atoms with Crippen molar-refractivity contribution >= 4 is 44.9 Å². The maximum absolute atomic E-state index is 14.5. The predicted octanol–water partition coefficient (Wildman–Crippen LogP) is 6.53. The molecule has 1 amide bonds. The number of amides is 1. The van der Waals surface area contributed by atoms with E-state index in [2.05, 4.69) is 0 Å². The fourth-order valence-electron chi connectivity index (χ4n) is 6.10. The number of nitrogens with zero attached hydrogens (tertiary/aromatic N) is 1. The van der Waals surface area contributed by atoms with Crippen molar-refractivity contribution in [2.75, 3.05) is 11.5 Å². The highest BCUT2D eigenvalue weighted by Gasteiger charge is 2.56. The Balaban J connectivity index is 1.94. The lowest BCUT2D eigenvalue weighted by molar-refractivity contribution is -0.162. The lowest BCUT2D eigenvalue weighted by Gasteiger charge is -2.53. The number of carboxylic acids is 1. The Hall–Kier alpha value is -2.09. The van der Waals surface area contributed by atoms with Gasteiger partial charge in [0.25, 0.3) is 0 Å². The van der Waals surface area contributed by atoms with Gasteiger partial charge in [-0.25, -0.2) is 8.42 Å². The van der Waals surface area contributed by atoms with Gasteiger partial charge in [0, 0.05) is 27.8 Å². The van der Waals surface area contributed by atoms with Crippen molar-refractivity contribution in [1.82, 2.24) is 4.90 Å². The zero-order valence-electron chi connectivity index (χ0n) is 21.8. The summed E-state index contributed by atoms with van der Waals surface area (Å²) in [6.07, 6.45) is 2.50. The molecule has 0 aromatic heterocycles. The average molecular weight is 581 g/mol. The van der Waals surface area contributed by atoms with E-state index < -0.39 is 33.3 Å². The van der Waals surface area contributed by atoms with Crippen LogP contribution in [0.2, 0.25) is 10.0 Å². The summed E-state index contributed by atoms with van der Waals surface area (Å²) in [4.78, 5) is 28.4. The third-order valence-corrected chi connectivity index (χ3v) is 10.5. The number of halogens is 2. The number of carboxylic acid groups (broad SMARTS) is 1. The van der Waals surface area contributed by atoms with Crippen LogP contribution in [0.1, 0.15) is 75.5 Å². The molecule has 6 nitrogen and oxygen atoms in total. The zero-order valence-corrected chi connectivity index (χ0v) is 24.1. The van der Waals surface area contributed by atoms with E-state index in [1.165, 1.54) is 0 Å². The van der Waals surface area contributed by atoms with Gasteiger partial charge < -0.3 is 10.0 Å². The summed E-state index contributed by atoms with van der Waals surface area (Å²) in [5.41, 5.74) is 0.569. The molecule has 1 saturated heterocycles. The van der Waals surface area contributed by atoms with Crippen LogP contribution in [-0.2, 0) is 19.4 Å². The van der Waals surface area contributed by atoms with Crippen molar-refractivity contribution < 1.29 is 23.1 Å². The van der Waals surface area contributed by atoms with Crippen molar-refractivity contribution in [3.63, 3.8) is 0 Å². The molecule has 2 aromatic carbocycles. The van der Waals surface area contributed by atoms with E-state index in [0.717, 1.165) is 24.0 Å². The van der Waals surface area contributed by atoms with Crippen LogP contribution in [-0.4, -0.2) is 47.8 Å². The largest absolute Gasteiger partial charge is 0.481 e. The van der Waals surface area contributed by atoms with E-state index in [-0.39, 0.29) is 35.7 Å². The van der Waals surface area contributed by atoms with Crippen molar-refractivity contribution in [2.45, 2.75) is 70.4 Å². The van der Waals surface area contributed by atoms with E-state index in [1.807, 2.05) is 44.2 Å². The van der Waals surface area contributed by atoms with Crippen LogP contribution in [0.15, 0.2) is 48.5 Å². The normalized spacial score (nSPS) is 24.8. The Morgan fingerprint density at radius 2 is 1.76 bits per heavy atom. The van der Waals surface area contributed by atoms with Crippen LogP contribution in [0.3, 0.4) is 0 Å². The third-order valence-electron chi connectivity index (χ3n) is 8.10. The molecule has 9 heteroatoms. The first-order chi connectivity index (χ1) is 18.0. The van der Waals surface area contributed by atoms with Gasteiger partial charge in [-0.1, -0.05) is 61.3 Å². The lowest BCUT2D eigenvalue weighted by atomic mass is 9.65. The molecule has 4 rings (SSSR count). The molecule has 2 aliphatic rings. The number of carbonyl (C=O) groups is 2. The van der Waals surface area contributed by atoms with Crippen LogP contribution in [0.4, 0.5) is 0 Å². The molecule has 1 heterocycles. The molecule has 0 radical (unpaired) electrons. The number of hydrogen-bond donors (Lipinski definition) is 1. The molecule has 1 saturated carbocycles. The molecule has 38 heavy (non-hydrogen) atoms. The van der Waals surface area contributed by atoms with Gasteiger partial charge >= 0.3 is 5.97 Å². The van der Waals surface area contributed by atoms with Gasteiger partial charge in [0.1, 0.15) is 0 Å². The molecular weight excluding hydrogens is 545 g/mol. The molecule has 1 N–H and O–H groups in total. The van der Waals surface area contributed by atoms with Crippen molar-refractivity contribution in [3.05, 3.63) is 69.7 Å². The number of piperidine rings is 1. The van der Waals surface area contributed by atoms with E-state index in [9.17, 15) is 23.1 Å². The molecule has 4 atom stereocenters. The van der Waals surface area contributed by atoms with Gasteiger partial charge in [-0.2, -0.15) is 0 Å². The van der Waals surface area contributed by atoms with Crippen LogP contribution in [0.25, 0.3) is 0 Å². The molecule has 2 fully saturated rings. The van der Waals surface area contributed by atoms with Gasteiger partial charge in [-0.3, -0.25) is 9.59 Å². The number of sulfone groups is 1. The summed E-state index contributed by atoms with van der Waals surface area (Å²) in [7, 11) is -3.43. The summed E-state index contributed by atoms with van der Waals surface area (Å²) >= 11 is 12.6. The third kappa shape index (κ3) is 6.21. The number of aliphatic carboxylic acids is 1. The lowest BCUT2D eigenvalue weighted by Crippen LogP contribution is -2.59. The van der Waals surface area contributed by atoms with Crippen molar-refractivity contribution in [2.24, 2.45) is 11.3 Å². The van der Waals surface area contributed by atoms with Crippen LogP contribution >= 0.6 is 23.2 Å². The smallest absolute Gasteiger partial charge is 0.304 e. The van der Waals surface area contributed by atoms with Gasteiger partial charge in [-0.15, -0.1) is 0 Å². The van der Waals surface area contributed by atoms with Crippen LogP contribution in [0, 0.1) is 11.3 Å². The summed E-state index contributed by atoms with van der Waals surface area (Å²) < 4.78 is 26.3. The maximum atomic E-state index is 14.5. The van der Waals surface area contributed by atoms with Crippen LogP contribution in [0.5, 0.6) is 0 Å². The van der Waals surface area contributed by atoms with Crippen LogP contribution < -0.4 is 0 Å². The molecule has 1 aliphatic carbocycles. The van der Waals surface area contributed by atoms with E-state index in [1.54, 1.807) is 23.1 Å². The first-order valence-corrected chi connectivity index (χ1v) is 15.8. The first-order valence-electron chi connectivity index (χ1n) is 13.3. The Labute approximate surface area is 235 Å². The molecule has 1 unspecified atom stereocenters.